The molecule has 0 aliphatic carbocycles. The SMILES string of the molecule is N#Cc1ccc(NCc2ccccc2CN)cc1Cl. The van der Waals surface area contributed by atoms with Gasteiger partial charge in [0.1, 0.15) is 6.07 Å². The maximum atomic E-state index is 8.82. The molecule has 0 spiro atoms. The Bertz CT molecular complexity index is 617. The monoisotopic (exact) mass is 271 g/mol. The van der Waals surface area contributed by atoms with Gasteiger partial charge in [-0.05, 0) is 29.3 Å². The van der Waals surface area contributed by atoms with E-state index in [9.17, 15) is 0 Å². The van der Waals surface area contributed by atoms with E-state index in [0.717, 1.165) is 16.8 Å². The number of halogens is 1. The third kappa shape index (κ3) is 3.25. The molecule has 0 atom stereocenters. The summed E-state index contributed by atoms with van der Waals surface area (Å²) in [5, 5.41) is 12.6. The van der Waals surface area contributed by atoms with Gasteiger partial charge in [0.15, 0.2) is 0 Å². The van der Waals surface area contributed by atoms with Crippen LogP contribution in [0.3, 0.4) is 0 Å². The van der Waals surface area contributed by atoms with E-state index >= 15 is 0 Å². The molecule has 0 saturated carbocycles. The maximum absolute atomic E-state index is 8.82. The van der Waals surface area contributed by atoms with Crippen LogP contribution in [-0.2, 0) is 13.1 Å². The third-order valence-corrected chi connectivity index (χ3v) is 3.22. The van der Waals surface area contributed by atoms with Gasteiger partial charge in [0, 0.05) is 18.8 Å². The quantitative estimate of drug-likeness (QED) is 0.897. The molecule has 96 valence electrons. The number of benzene rings is 2. The summed E-state index contributed by atoms with van der Waals surface area (Å²) < 4.78 is 0. The van der Waals surface area contributed by atoms with Crippen LogP contribution < -0.4 is 11.1 Å². The van der Waals surface area contributed by atoms with E-state index in [0.29, 0.717) is 23.7 Å². The Hall–Kier alpha value is -2.02. The highest BCUT2D eigenvalue weighted by molar-refractivity contribution is 6.32. The van der Waals surface area contributed by atoms with Gasteiger partial charge in [-0.2, -0.15) is 5.26 Å². The van der Waals surface area contributed by atoms with Crippen molar-refractivity contribution in [2.75, 3.05) is 5.32 Å². The summed E-state index contributed by atoms with van der Waals surface area (Å²) in [6, 6.07) is 15.4. The highest BCUT2D eigenvalue weighted by Crippen LogP contribution is 2.21. The summed E-state index contributed by atoms with van der Waals surface area (Å²) in [4.78, 5) is 0. The summed E-state index contributed by atoms with van der Waals surface area (Å²) in [5.41, 5.74) is 9.34. The molecule has 0 aliphatic heterocycles. The lowest BCUT2D eigenvalue weighted by Crippen LogP contribution is -2.06. The number of hydrogen-bond acceptors (Lipinski definition) is 3. The van der Waals surface area contributed by atoms with E-state index in [1.807, 2.05) is 36.4 Å². The van der Waals surface area contributed by atoms with Crippen molar-refractivity contribution in [3.05, 3.63) is 64.2 Å². The minimum Gasteiger partial charge on any atom is -0.381 e. The van der Waals surface area contributed by atoms with Gasteiger partial charge in [0.25, 0.3) is 0 Å². The molecule has 2 rings (SSSR count). The van der Waals surface area contributed by atoms with Gasteiger partial charge < -0.3 is 11.1 Å². The summed E-state index contributed by atoms with van der Waals surface area (Å²) in [6.07, 6.45) is 0. The normalized spacial score (nSPS) is 9.95. The molecule has 0 aliphatic rings. The predicted octanol–water partition coefficient (Wildman–Crippen LogP) is 3.28. The van der Waals surface area contributed by atoms with Crippen LogP contribution in [0.25, 0.3) is 0 Å². The number of nitrogens with zero attached hydrogens (tertiary/aromatic N) is 1. The van der Waals surface area contributed by atoms with Crippen molar-refractivity contribution in [1.29, 1.82) is 5.26 Å². The Balaban J connectivity index is 2.11. The molecule has 0 radical (unpaired) electrons. The second-order valence-corrected chi connectivity index (χ2v) is 4.54. The second kappa shape index (κ2) is 6.24. The van der Waals surface area contributed by atoms with Gasteiger partial charge in [-0.15, -0.1) is 0 Å². The highest BCUT2D eigenvalue weighted by atomic mass is 35.5. The highest BCUT2D eigenvalue weighted by Gasteiger charge is 2.02. The lowest BCUT2D eigenvalue weighted by molar-refractivity contribution is 1.01. The Labute approximate surface area is 117 Å². The number of nitrogens with two attached hydrogens (primary N) is 1. The predicted molar refractivity (Wildman–Crippen MR) is 77.8 cm³/mol. The summed E-state index contributed by atoms with van der Waals surface area (Å²) in [7, 11) is 0. The topological polar surface area (TPSA) is 61.8 Å². The van der Waals surface area contributed by atoms with Crippen LogP contribution in [-0.4, -0.2) is 0 Å². The average molecular weight is 272 g/mol. The van der Waals surface area contributed by atoms with Crippen LogP contribution >= 0.6 is 11.6 Å². The van der Waals surface area contributed by atoms with Gasteiger partial charge in [-0.3, -0.25) is 0 Å². The van der Waals surface area contributed by atoms with Crippen molar-refractivity contribution in [3.8, 4) is 6.07 Å². The Morgan fingerprint density at radius 2 is 1.89 bits per heavy atom. The van der Waals surface area contributed by atoms with Crippen LogP contribution in [0.4, 0.5) is 5.69 Å². The summed E-state index contributed by atoms with van der Waals surface area (Å²) in [5.74, 6) is 0. The Morgan fingerprint density at radius 1 is 1.16 bits per heavy atom. The number of nitrogens with one attached hydrogen (secondary N) is 1. The van der Waals surface area contributed by atoms with E-state index in [-0.39, 0.29) is 0 Å². The fourth-order valence-electron chi connectivity index (χ4n) is 1.84. The first-order valence-electron chi connectivity index (χ1n) is 5.95. The molecule has 3 nitrogen and oxygen atoms in total. The molecular weight excluding hydrogens is 258 g/mol. The zero-order valence-corrected chi connectivity index (χ0v) is 11.1. The van der Waals surface area contributed by atoms with E-state index < -0.39 is 0 Å². The zero-order valence-electron chi connectivity index (χ0n) is 10.4. The number of rotatable bonds is 4. The zero-order chi connectivity index (χ0) is 13.7. The van der Waals surface area contributed by atoms with E-state index in [1.165, 1.54) is 0 Å². The van der Waals surface area contributed by atoms with Crippen molar-refractivity contribution >= 4 is 17.3 Å². The number of nitriles is 1. The van der Waals surface area contributed by atoms with Crippen LogP contribution in [0.15, 0.2) is 42.5 Å². The number of anilines is 1. The first-order chi connectivity index (χ1) is 9.24. The molecule has 0 saturated heterocycles. The van der Waals surface area contributed by atoms with Crippen molar-refractivity contribution in [3.63, 3.8) is 0 Å². The van der Waals surface area contributed by atoms with Crippen molar-refractivity contribution in [2.45, 2.75) is 13.1 Å². The number of hydrogen-bond donors (Lipinski definition) is 2. The van der Waals surface area contributed by atoms with Gasteiger partial charge >= 0.3 is 0 Å². The molecule has 2 aromatic carbocycles. The summed E-state index contributed by atoms with van der Waals surface area (Å²) >= 11 is 5.99. The van der Waals surface area contributed by atoms with Gasteiger partial charge in [-0.1, -0.05) is 35.9 Å². The van der Waals surface area contributed by atoms with Crippen LogP contribution in [0, 0.1) is 11.3 Å². The summed E-state index contributed by atoms with van der Waals surface area (Å²) in [6.45, 7) is 1.20. The molecule has 3 N–H and O–H groups in total. The Kier molecular flexibility index (Phi) is 4.40. The third-order valence-electron chi connectivity index (χ3n) is 2.91. The van der Waals surface area contributed by atoms with Gasteiger partial charge in [0.05, 0.1) is 10.6 Å². The molecule has 19 heavy (non-hydrogen) atoms. The lowest BCUT2D eigenvalue weighted by Gasteiger charge is -2.10. The largest absolute Gasteiger partial charge is 0.381 e. The maximum Gasteiger partial charge on any atom is 0.101 e. The molecule has 0 bridgehead atoms. The fourth-order valence-corrected chi connectivity index (χ4v) is 2.06. The van der Waals surface area contributed by atoms with Crippen molar-refractivity contribution < 1.29 is 0 Å². The fraction of sp³-hybridized carbons (Fsp3) is 0.133. The molecule has 0 fully saturated rings. The standard InChI is InChI=1S/C15H14ClN3/c16-15-7-14(6-5-12(15)9-18)19-10-13-4-2-1-3-11(13)8-17/h1-7,19H,8,10,17H2. The first-order valence-corrected chi connectivity index (χ1v) is 6.32. The van der Waals surface area contributed by atoms with Crippen LogP contribution in [0.2, 0.25) is 5.02 Å². The second-order valence-electron chi connectivity index (χ2n) is 4.13. The van der Waals surface area contributed by atoms with Gasteiger partial charge in [-0.25, -0.2) is 0 Å². The average Bonchev–Trinajstić information content (AvgIpc) is 2.45. The van der Waals surface area contributed by atoms with E-state index in [4.69, 9.17) is 22.6 Å². The van der Waals surface area contributed by atoms with E-state index in [1.54, 1.807) is 12.1 Å². The van der Waals surface area contributed by atoms with Gasteiger partial charge in [0.2, 0.25) is 0 Å². The minimum absolute atomic E-state index is 0.458. The molecule has 0 heterocycles. The Morgan fingerprint density at radius 3 is 2.53 bits per heavy atom. The molecule has 4 heteroatoms. The molecule has 0 unspecified atom stereocenters. The van der Waals surface area contributed by atoms with Crippen molar-refractivity contribution in [1.82, 2.24) is 0 Å². The smallest absolute Gasteiger partial charge is 0.101 e. The minimum atomic E-state index is 0.458. The lowest BCUT2D eigenvalue weighted by atomic mass is 10.1. The molecule has 0 amide bonds. The van der Waals surface area contributed by atoms with E-state index in [2.05, 4.69) is 5.32 Å². The molecule has 2 aromatic rings. The van der Waals surface area contributed by atoms with Crippen LogP contribution in [0.1, 0.15) is 16.7 Å². The first kappa shape index (κ1) is 13.4. The molecular formula is C15H14ClN3. The van der Waals surface area contributed by atoms with Crippen LogP contribution in [0.5, 0.6) is 0 Å². The molecule has 0 aromatic heterocycles. The van der Waals surface area contributed by atoms with Crippen molar-refractivity contribution in [2.24, 2.45) is 5.73 Å².